The summed E-state index contributed by atoms with van der Waals surface area (Å²) in [5.74, 6) is 0.496. The van der Waals surface area contributed by atoms with Crippen LogP contribution < -0.4 is 10.1 Å². The van der Waals surface area contributed by atoms with Crippen molar-refractivity contribution in [3.8, 4) is 5.75 Å². The Morgan fingerprint density at radius 1 is 1.38 bits per heavy atom. The molecule has 1 aliphatic rings. The van der Waals surface area contributed by atoms with E-state index < -0.39 is 0 Å². The van der Waals surface area contributed by atoms with Crippen LogP contribution in [0.25, 0.3) is 0 Å². The number of esters is 1. The van der Waals surface area contributed by atoms with Gasteiger partial charge in [-0.05, 0) is 30.5 Å². The number of para-hydroxylation sites is 1. The molecule has 3 heteroatoms. The Labute approximate surface area is 95.8 Å². The quantitative estimate of drug-likeness (QED) is 0.578. The number of fused-ring (bicyclic) bond motifs is 1. The van der Waals surface area contributed by atoms with Gasteiger partial charge in [-0.15, -0.1) is 0 Å². The summed E-state index contributed by atoms with van der Waals surface area (Å²) in [6, 6.07) is 7.46. The van der Waals surface area contributed by atoms with E-state index in [2.05, 4.69) is 19.2 Å². The number of rotatable bonds is 1. The van der Waals surface area contributed by atoms with E-state index in [1.807, 2.05) is 24.3 Å². The lowest BCUT2D eigenvalue weighted by Gasteiger charge is -2.29. The lowest BCUT2D eigenvalue weighted by molar-refractivity contribution is -0.138. The normalized spacial score (nSPS) is 23.2. The largest absolute Gasteiger partial charge is 0.425 e. The summed E-state index contributed by atoms with van der Waals surface area (Å²) < 4.78 is 5.39. The Morgan fingerprint density at radius 2 is 2.06 bits per heavy atom. The number of benzene rings is 1. The molecule has 3 nitrogen and oxygen atoms in total. The molecule has 0 radical (unpaired) electrons. The fourth-order valence-electron chi connectivity index (χ4n) is 2.34. The van der Waals surface area contributed by atoms with Crippen LogP contribution >= 0.6 is 0 Å². The summed E-state index contributed by atoms with van der Waals surface area (Å²) in [6.45, 7) is 4.16. The maximum atomic E-state index is 11.9. The molecule has 1 aromatic rings. The molecule has 16 heavy (non-hydrogen) atoms. The van der Waals surface area contributed by atoms with Crippen molar-refractivity contribution in [3.63, 3.8) is 0 Å². The van der Waals surface area contributed by atoms with Crippen molar-refractivity contribution in [1.82, 2.24) is 5.32 Å². The smallest absolute Gasteiger partial charge is 0.329 e. The second kappa shape index (κ2) is 3.91. The second-order valence-electron chi connectivity index (χ2n) is 4.92. The number of likely N-dealkylation sites (N-methyl/N-ethyl adjacent to an activating group) is 1. The first-order valence-corrected chi connectivity index (χ1v) is 5.51. The van der Waals surface area contributed by atoms with Crippen molar-refractivity contribution < 1.29 is 9.53 Å². The molecule has 1 N–H and O–H groups in total. The highest BCUT2D eigenvalue weighted by Gasteiger charge is 2.38. The molecule has 2 rings (SSSR count). The molecule has 1 aliphatic heterocycles. The number of hydrogen-bond donors (Lipinski definition) is 1. The van der Waals surface area contributed by atoms with Gasteiger partial charge in [-0.1, -0.05) is 32.0 Å². The van der Waals surface area contributed by atoms with Crippen LogP contribution in [0.5, 0.6) is 5.75 Å². The molecular weight excluding hydrogens is 202 g/mol. The average molecular weight is 219 g/mol. The van der Waals surface area contributed by atoms with Gasteiger partial charge < -0.3 is 10.1 Å². The zero-order valence-electron chi connectivity index (χ0n) is 9.91. The first kappa shape index (κ1) is 11.1. The number of hydrogen-bond acceptors (Lipinski definition) is 3. The maximum absolute atomic E-state index is 11.9. The van der Waals surface area contributed by atoms with Gasteiger partial charge in [0.05, 0.1) is 0 Å². The van der Waals surface area contributed by atoms with E-state index in [4.69, 9.17) is 4.74 Å². The molecule has 0 aromatic heterocycles. The molecule has 1 unspecified atom stereocenters. The molecule has 0 bridgehead atoms. The third-order valence-electron chi connectivity index (χ3n) is 3.14. The van der Waals surface area contributed by atoms with E-state index >= 15 is 0 Å². The third-order valence-corrected chi connectivity index (χ3v) is 3.14. The average Bonchev–Trinajstić information content (AvgIpc) is 2.29. The van der Waals surface area contributed by atoms with Gasteiger partial charge in [0.25, 0.3) is 0 Å². The number of nitrogens with one attached hydrogen (secondary N) is 1. The van der Waals surface area contributed by atoms with Gasteiger partial charge in [-0.3, -0.25) is 0 Å². The molecule has 86 valence electrons. The predicted octanol–water partition coefficient (Wildman–Crippen LogP) is 1.76. The molecule has 0 spiro atoms. The fourth-order valence-corrected chi connectivity index (χ4v) is 2.34. The van der Waals surface area contributed by atoms with E-state index in [1.165, 1.54) is 0 Å². The fraction of sp³-hybridized carbons (Fsp3) is 0.462. The minimum Gasteiger partial charge on any atom is -0.425 e. The van der Waals surface area contributed by atoms with Crippen molar-refractivity contribution in [2.24, 2.45) is 5.41 Å². The summed E-state index contributed by atoms with van der Waals surface area (Å²) in [6.07, 6.45) is 0.834. The van der Waals surface area contributed by atoms with Crippen molar-refractivity contribution in [3.05, 3.63) is 29.8 Å². The van der Waals surface area contributed by atoms with Gasteiger partial charge in [0, 0.05) is 0 Å². The molecule has 0 aliphatic carbocycles. The molecule has 1 atom stereocenters. The summed E-state index contributed by atoms with van der Waals surface area (Å²) in [5, 5.41) is 3.04. The van der Waals surface area contributed by atoms with Crippen LogP contribution in [0.1, 0.15) is 19.4 Å². The highest BCUT2D eigenvalue weighted by Crippen LogP contribution is 2.34. The van der Waals surface area contributed by atoms with Crippen LogP contribution in [-0.2, 0) is 11.2 Å². The Balaban J connectivity index is 2.44. The number of carbonyl (C=O) groups excluding carboxylic acids is 1. The minimum absolute atomic E-state index is 0.140. The third kappa shape index (κ3) is 1.83. The lowest BCUT2D eigenvalue weighted by atomic mass is 9.79. The first-order chi connectivity index (χ1) is 7.54. The van der Waals surface area contributed by atoms with Crippen LogP contribution in [-0.4, -0.2) is 19.1 Å². The standard InChI is InChI=1S/C13H17NO2/c1-13(2)8-9-6-4-5-7-10(9)16-12(15)11(13)14-3/h4-7,11,14H,8H2,1-3H3. The van der Waals surface area contributed by atoms with E-state index in [0.717, 1.165) is 12.0 Å². The Hall–Kier alpha value is -1.35. The Morgan fingerprint density at radius 3 is 2.75 bits per heavy atom. The van der Waals surface area contributed by atoms with Gasteiger partial charge in [0.1, 0.15) is 11.8 Å². The zero-order valence-corrected chi connectivity index (χ0v) is 9.91. The van der Waals surface area contributed by atoms with Gasteiger partial charge in [-0.2, -0.15) is 0 Å². The Kier molecular flexibility index (Phi) is 2.72. The van der Waals surface area contributed by atoms with Crippen LogP contribution in [0.3, 0.4) is 0 Å². The van der Waals surface area contributed by atoms with Crippen molar-refractivity contribution in [2.45, 2.75) is 26.3 Å². The van der Waals surface area contributed by atoms with Crippen LogP contribution in [0, 0.1) is 5.41 Å². The predicted molar refractivity (Wildman–Crippen MR) is 62.4 cm³/mol. The van der Waals surface area contributed by atoms with E-state index in [1.54, 1.807) is 7.05 Å². The topological polar surface area (TPSA) is 38.3 Å². The van der Waals surface area contributed by atoms with Gasteiger partial charge in [-0.25, -0.2) is 4.79 Å². The lowest BCUT2D eigenvalue weighted by Crippen LogP contribution is -2.47. The molecule has 1 heterocycles. The van der Waals surface area contributed by atoms with Crippen LogP contribution in [0.2, 0.25) is 0 Å². The van der Waals surface area contributed by atoms with Gasteiger partial charge >= 0.3 is 5.97 Å². The van der Waals surface area contributed by atoms with Gasteiger partial charge in [0.2, 0.25) is 0 Å². The highest BCUT2D eigenvalue weighted by molar-refractivity contribution is 5.80. The van der Waals surface area contributed by atoms with Crippen molar-refractivity contribution in [1.29, 1.82) is 0 Å². The first-order valence-electron chi connectivity index (χ1n) is 5.51. The second-order valence-corrected chi connectivity index (χ2v) is 4.92. The van der Waals surface area contributed by atoms with Crippen LogP contribution in [0.4, 0.5) is 0 Å². The van der Waals surface area contributed by atoms with Crippen molar-refractivity contribution >= 4 is 5.97 Å². The van der Waals surface area contributed by atoms with E-state index in [-0.39, 0.29) is 17.4 Å². The molecule has 0 fully saturated rings. The Bertz CT molecular complexity index is 412. The number of ether oxygens (including phenoxy) is 1. The molecule has 1 aromatic carbocycles. The zero-order chi connectivity index (χ0) is 11.8. The summed E-state index contributed by atoms with van der Waals surface area (Å²) in [7, 11) is 1.80. The maximum Gasteiger partial charge on any atom is 0.329 e. The van der Waals surface area contributed by atoms with E-state index in [0.29, 0.717) is 5.75 Å². The monoisotopic (exact) mass is 219 g/mol. The summed E-state index contributed by atoms with van der Waals surface area (Å²) >= 11 is 0. The molecule has 0 amide bonds. The summed E-state index contributed by atoms with van der Waals surface area (Å²) in [4.78, 5) is 11.9. The highest BCUT2D eigenvalue weighted by atomic mass is 16.5. The molecular formula is C13H17NO2. The van der Waals surface area contributed by atoms with E-state index in [9.17, 15) is 4.79 Å². The minimum atomic E-state index is -0.264. The SMILES string of the molecule is CNC1C(=O)Oc2ccccc2CC1(C)C. The molecule has 0 saturated heterocycles. The number of carbonyl (C=O) groups is 1. The van der Waals surface area contributed by atoms with Gasteiger partial charge in [0.15, 0.2) is 0 Å². The summed E-state index contributed by atoms with van der Waals surface area (Å²) in [5.41, 5.74) is 0.955. The molecule has 0 saturated carbocycles. The van der Waals surface area contributed by atoms with Crippen molar-refractivity contribution in [2.75, 3.05) is 7.05 Å². The van der Waals surface area contributed by atoms with Crippen LogP contribution in [0.15, 0.2) is 24.3 Å².